The van der Waals surface area contributed by atoms with Crippen LogP contribution in [-0.4, -0.2) is 34.6 Å². The summed E-state index contributed by atoms with van der Waals surface area (Å²) in [5.74, 6) is -0.602. The smallest absolute Gasteiger partial charge is 0.323 e. The molecule has 2 aromatic carbocycles. The highest BCUT2D eigenvalue weighted by Gasteiger charge is 2.10. The van der Waals surface area contributed by atoms with Crippen molar-refractivity contribution in [3.8, 4) is 0 Å². The fraction of sp³-hybridized carbons (Fsp3) is 0.0556. The van der Waals surface area contributed by atoms with Gasteiger partial charge in [0.25, 0.3) is 0 Å². The summed E-state index contributed by atoms with van der Waals surface area (Å²) in [6, 6.07) is 11.0. The van der Waals surface area contributed by atoms with Gasteiger partial charge in [-0.1, -0.05) is 0 Å². The average molecular weight is 414 g/mol. The summed E-state index contributed by atoms with van der Waals surface area (Å²) in [7, 11) is -3.30. The molecule has 0 amide bonds. The molecule has 0 saturated heterocycles. The number of hydrogen-bond acceptors (Lipinski definition) is 7. The lowest BCUT2D eigenvalue weighted by molar-refractivity contribution is 0.602. The number of imidazole rings is 1. The van der Waals surface area contributed by atoms with Gasteiger partial charge >= 0.3 is 5.69 Å². The third-order valence-corrected chi connectivity index (χ3v) is 5.19. The van der Waals surface area contributed by atoms with Crippen LogP contribution in [0, 0.1) is 5.82 Å². The van der Waals surface area contributed by atoms with Crippen molar-refractivity contribution in [3.05, 3.63) is 65.0 Å². The highest BCUT2D eigenvalue weighted by molar-refractivity contribution is 7.90. The van der Waals surface area contributed by atoms with E-state index in [1.165, 1.54) is 12.1 Å². The molecule has 2 heterocycles. The molecule has 4 rings (SSSR count). The van der Waals surface area contributed by atoms with Crippen LogP contribution in [0.4, 0.5) is 27.5 Å². The zero-order chi connectivity index (χ0) is 20.6. The molecule has 0 saturated carbocycles. The summed E-state index contributed by atoms with van der Waals surface area (Å²) in [6.07, 6.45) is 2.14. The molecule has 0 aliphatic carbocycles. The lowest BCUT2D eigenvalue weighted by atomic mass is 10.3. The van der Waals surface area contributed by atoms with Crippen LogP contribution in [0.15, 0.2) is 58.4 Å². The topological polar surface area (TPSA) is 133 Å². The van der Waals surface area contributed by atoms with E-state index < -0.39 is 15.7 Å². The first kappa shape index (κ1) is 18.6. The van der Waals surface area contributed by atoms with E-state index in [0.29, 0.717) is 22.4 Å². The van der Waals surface area contributed by atoms with Gasteiger partial charge in [-0.3, -0.25) is 0 Å². The van der Waals surface area contributed by atoms with E-state index in [1.54, 1.807) is 30.3 Å². The first-order chi connectivity index (χ1) is 13.8. The van der Waals surface area contributed by atoms with Crippen LogP contribution in [0.3, 0.4) is 0 Å². The molecule has 2 aromatic heterocycles. The van der Waals surface area contributed by atoms with Crippen LogP contribution in [0.1, 0.15) is 0 Å². The molecule has 9 nitrogen and oxygen atoms in total. The number of halogens is 1. The molecule has 29 heavy (non-hydrogen) atoms. The summed E-state index contributed by atoms with van der Waals surface area (Å²) in [5, 5.41) is 5.74. The van der Waals surface area contributed by atoms with Crippen LogP contribution in [0.2, 0.25) is 0 Å². The SMILES string of the molecule is CS(=O)(=O)c1ccc(Nc2ncc(F)c(Nc3ccc4[nH]c(=O)[nH]c4c3)n2)cc1. The molecule has 4 N–H and O–H groups in total. The maximum atomic E-state index is 14.2. The average Bonchev–Trinajstić information content (AvgIpc) is 3.03. The number of rotatable bonds is 5. The van der Waals surface area contributed by atoms with Crippen molar-refractivity contribution in [1.82, 2.24) is 19.9 Å². The number of nitrogens with one attached hydrogen (secondary N) is 4. The first-order valence-electron chi connectivity index (χ1n) is 8.37. The molecule has 0 aliphatic rings. The number of aromatic amines is 2. The highest BCUT2D eigenvalue weighted by atomic mass is 32.2. The number of hydrogen-bond donors (Lipinski definition) is 4. The minimum Gasteiger partial charge on any atom is -0.338 e. The molecule has 148 valence electrons. The van der Waals surface area contributed by atoms with Crippen LogP contribution >= 0.6 is 0 Å². The highest BCUT2D eigenvalue weighted by Crippen LogP contribution is 2.23. The quantitative estimate of drug-likeness (QED) is 0.395. The fourth-order valence-corrected chi connectivity index (χ4v) is 3.31. The molecular weight excluding hydrogens is 399 g/mol. The molecular formula is C18H15FN6O3S. The van der Waals surface area contributed by atoms with E-state index in [4.69, 9.17) is 0 Å². The largest absolute Gasteiger partial charge is 0.338 e. The molecule has 11 heteroatoms. The van der Waals surface area contributed by atoms with E-state index in [2.05, 4.69) is 30.6 Å². The van der Waals surface area contributed by atoms with Gasteiger partial charge in [0.05, 0.1) is 22.1 Å². The normalized spacial score (nSPS) is 11.5. The van der Waals surface area contributed by atoms with Gasteiger partial charge in [0.2, 0.25) is 5.95 Å². The Morgan fingerprint density at radius 1 is 0.966 bits per heavy atom. The Morgan fingerprint density at radius 2 is 1.66 bits per heavy atom. The molecule has 0 radical (unpaired) electrons. The van der Waals surface area contributed by atoms with Crippen LogP contribution in [0.25, 0.3) is 11.0 Å². The lowest BCUT2D eigenvalue weighted by Crippen LogP contribution is -2.03. The third kappa shape index (κ3) is 4.09. The number of benzene rings is 2. The van der Waals surface area contributed by atoms with Gasteiger partial charge in [-0.2, -0.15) is 4.98 Å². The molecule has 0 bridgehead atoms. The molecule has 0 aliphatic heterocycles. The van der Waals surface area contributed by atoms with Crippen molar-refractivity contribution in [2.45, 2.75) is 4.90 Å². The second-order valence-corrected chi connectivity index (χ2v) is 8.29. The number of H-pyrrole nitrogens is 2. The predicted octanol–water partition coefficient (Wildman–Crippen LogP) is 2.68. The second kappa shape index (κ2) is 7.02. The van der Waals surface area contributed by atoms with Crippen molar-refractivity contribution in [2.75, 3.05) is 16.9 Å². The van der Waals surface area contributed by atoms with Gasteiger partial charge in [-0.15, -0.1) is 0 Å². The van der Waals surface area contributed by atoms with Crippen molar-refractivity contribution < 1.29 is 12.8 Å². The van der Waals surface area contributed by atoms with E-state index >= 15 is 0 Å². The van der Waals surface area contributed by atoms with Crippen molar-refractivity contribution >= 4 is 44.0 Å². The van der Waals surface area contributed by atoms with Crippen LogP contribution in [-0.2, 0) is 9.84 Å². The summed E-state index contributed by atoms with van der Waals surface area (Å²) in [6.45, 7) is 0. The number of fused-ring (bicyclic) bond motifs is 1. The standard InChI is InChI=1S/C18H15FN6O3S/c1-29(27,28)12-5-2-10(3-6-12)22-17-20-9-13(19)16(25-17)21-11-4-7-14-15(8-11)24-18(26)23-14/h2-9H,1H3,(H2,23,24,26)(H2,20,21,22,25). The minimum absolute atomic E-state index is 0.0625. The summed E-state index contributed by atoms with van der Waals surface area (Å²) >= 11 is 0. The fourth-order valence-electron chi connectivity index (χ4n) is 2.68. The Labute approximate surface area is 164 Å². The Bertz CT molecular complexity index is 1360. The van der Waals surface area contributed by atoms with Crippen molar-refractivity contribution in [1.29, 1.82) is 0 Å². The molecule has 0 spiro atoms. The maximum absolute atomic E-state index is 14.2. The molecule has 4 aromatic rings. The number of aromatic nitrogens is 4. The zero-order valence-corrected chi connectivity index (χ0v) is 15.8. The predicted molar refractivity (Wildman–Crippen MR) is 107 cm³/mol. The van der Waals surface area contributed by atoms with E-state index in [1.807, 2.05) is 0 Å². The van der Waals surface area contributed by atoms with Crippen molar-refractivity contribution in [3.63, 3.8) is 0 Å². The number of sulfone groups is 1. The Balaban J connectivity index is 1.57. The third-order valence-electron chi connectivity index (χ3n) is 4.06. The maximum Gasteiger partial charge on any atom is 0.323 e. The Kier molecular flexibility index (Phi) is 4.51. The minimum atomic E-state index is -3.30. The van der Waals surface area contributed by atoms with Gasteiger partial charge in [-0.05, 0) is 42.5 Å². The zero-order valence-electron chi connectivity index (χ0n) is 15.0. The molecule has 0 fully saturated rings. The van der Waals surface area contributed by atoms with E-state index in [0.717, 1.165) is 12.5 Å². The molecule has 0 atom stereocenters. The van der Waals surface area contributed by atoms with Gasteiger partial charge in [-0.25, -0.2) is 22.6 Å². The van der Waals surface area contributed by atoms with Gasteiger partial charge in [0, 0.05) is 17.6 Å². The van der Waals surface area contributed by atoms with Gasteiger partial charge in [0.15, 0.2) is 21.5 Å². The second-order valence-electron chi connectivity index (χ2n) is 6.28. The first-order valence-corrected chi connectivity index (χ1v) is 10.3. The number of nitrogens with zero attached hydrogens (tertiary/aromatic N) is 2. The summed E-state index contributed by atoms with van der Waals surface area (Å²) in [4.78, 5) is 24.8. The monoisotopic (exact) mass is 414 g/mol. The lowest BCUT2D eigenvalue weighted by Gasteiger charge is -2.10. The van der Waals surface area contributed by atoms with Gasteiger partial charge < -0.3 is 20.6 Å². The summed E-state index contributed by atoms with van der Waals surface area (Å²) in [5.41, 5.74) is 1.93. The number of anilines is 4. The van der Waals surface area contributed by atoms with Crippen molar-refractivity contribution in [2.24, 2.45) is 0 Å². The van der Waals surface area contributed by atoms with Gasteiger partial charge in [0.1, 0.15) is 0 Å². The van der Waals surface area contributed by atoms with Crippen LogP contribution in [0.5, 0.6) is 0 Å². The van der Waals surface area contributed by atoms with Crippen LogP contribution < -0.4 is 16.3 Å². The summed E-state index contributed by atoms with van der Waals surface area (Å²) < 4.78 is 37.2. The molecule has 0 unspecified atom stereocenters. The Hall–Kier alpha value is -3.73. The van der Waals surface area contributed by atoms with E-state index in [9.17, 15) is 17.6 Å². The Morgan fingerprint density at radius 3 is 2.38 bits per heavy atom. The van der Waals surface area contributed by atoms with E-state index in [-0.39, 0.29) is 22.4 Å².